The molecule has 2 N–H and O–H groups in total. The quantitative estimate of drug-likeness (QED) is 0.788. The zero-order valence-corrected chi connectivity index (χ0v) is 11.1. The lowest BCUT2D eigenvalue weighted by Crippen LogP contribution is -2.25. The molecule has 0 spiro atoms. The second kappa shape index (κ2) is 5.59. The number of nitrogens with two attached hydrogens (primary N) is 1. The van der Waals surface area contributed by atoms with Crippen LogP contribution in [0.25, 0.3) is 0 Å². The maximum atomic E-state index is 5.68. The summed E-state index contributed by atoms with van der Waals surface area (Å²) in [7, 11) is 0. The Bertz CT molecular complexity index is 404. The first-order chi connectivity index (χ1) is 8.61. The summed E-state index contributed by atoms with van der Waals surface area (Å²) in [6.07, 6.45) is 0.966. The van der Waals surface area contributed by atoms with Gasteiger partial charge in [-0.2, -0.15) is 0 Å². The van der Waals surface area contributed by atoms with E-state index in [-0.39, 0.29) is 5.41 Å². The molecule has 100 valence electrons. The van der Waals surface area contributed by atoms with Crippen LogP contribution in [-0.2, 0) is 11.3 Å². The Balaban J connectivity index is 1.77. The van der Waals surface area contributed by atoms with Crippen LogP contribution in [0.15, 0.2) is 18.2 Å². The molecule has 0 unspecified atom stereocenters. The molecule has 0 aliphatic carbocycles. The Hall–Kier alpha value is -1.26. The zero-order valence-electron chi connectivity index (χ0n) is 11.1. The molecule has 18 heavy (non-hydrogen) atoms. The van der Waals surface area contributed by atoms with E-state index in [1.165, 1.54) is 0 Å². The predicted octanol–water partition coefficient (Wildman–Crippen LogP) is 2.31. The second-order valence-corrected chi connectivity index (χ2v) is 5.36. The molecular formula is C14H21NO3. The van der Waals surface area contributed by atoms with Gasteiger partial charge in [0.2, 0.25) is 6.79 Å². The highest BCUT2D eigenvalue weighted by Crippen LogP contribution is 2.32. The van der Waals surface area contributed by atoms with Gasteiger partial charge in [-0.3, -0.25) is 0 Å². The Morgan fingerprint density at radius 1 is 1.28 bits per heavy atom. The van der Waals surface area contributed by atoms with E-state index in [0.29, 0.717) is 19.9 Å². The molecule has 4 nitrogen and oxygen atoms in total. The Labute approximate surface area is 108 Å². The van der Waals surface area contributed by atoms with Crippen LogP contribution in [0.2, 0.25) is 0 Å². The predicted molar refractivity (Wildman–Crippen MR) is 69.7 cm³/mol. The van der Waals surface area contributed by atoms with Gasteiger partial charge >= 0.3 is 0 Å². The van der Waals surface area contributed by atoms with E-state index in [1.54, 1.807) is 0 Å². The summed E-state index contributed by atoms with van der Waals surface area (Å²) < 4.78 is 16.2. The lowest BCUT2D eigenvalue weighted by Gasteiger charge is -2.21. The SMILES string of the molecule is CC(C)(CN)CCOCc1ccc2c(c1)OCO2. The van der Waals surface area contributed by atoms with Crippen LogP contribution in [-0.4, -0.2) is 19.9 Å². The number of hydrogen-bond donors (Lipinski definition) is 1. The molecule has 0 atom stereocenters. The van der Waals surface area contributed by atoms with Crippen molar-refractivity contribution in [2.75, 3.05) is 19.9 Å². The molecule has 1 aromatic carbocycles. The summed E-state index contributed by atoms with van der Waals surface area (Å²) in [4.78, 5) is 0. The first-order valence-electron chi connectivity index (χ1n) is 6.27. The highest BCUT2D eigenvalue weighted by Gasteiger charge is 2.15. The van der Waals surface area contributed by atoms with Gasteiger partial charge in [-0.15, -0.1) is 0 Å². The molecule has 0 radical (unpaired) electrons. The monoisotopic (exact) mass is 251 g/mol. The van der Waals surface area contributed by atoms with Gasteiger partial charge in [0.25, 0.3) is 0 Å². The molecule has 0 fully saturated rings. The molecule has 1 aliphatic rings. The third-order valence-corrected chi connectivity index (χ3v) is 3.18. The smallest absolute Gasteiger partial charge is 0.231 e. The molecule has 1 aliphatic heterocycles. The number of benzene rings is 1. The summed E-state index contributed by atoms with van der Waals surface area (Å²) >= 11 is 0. The Morgan fingerprint density at radius 3 is 2.83 bits per heavy atom. The van der Waals surface area contributed by atoms with Crippen LogP contribution >= 0.6 is 0 Å². The van der Waals surface area contributed by atoms with Crippen molar-refractivity contribution in [3.63, 3.8) is 0 Å². The van der Waals surface area contributed by atoms with Crippen molar-refractivity contribution in [1.29, 1.82) is 0 Å². The minimum atomic E-state index is 0.148. The molecule has 0 aromatic heterocycles. The van der Waals surface area contributed by atoms with Gasteiger partial charge in [-0.05, 0) is 36.1 Å². The zero-order chi connectivity index (χ0) is 13.0. The first kappa shape index (κ1) is 13.2. The van der Waals surface area contributed by atoms with E-state index in [0.717, 1.165) is 30.1 Å². The van der Waals surface area contributed by atoms with Crippen LogP contribution in [0.1, 0.15) is 25.8 Å². The fraction of sp³-hybridized carbons (Fsp3) is 0.571. The lowest BCUT2D eigenvalue weighted by molar-refractivity contribution is 0.0938. The average Bonchev–Trinajstić information content (AvgIpc) is 2.82. The van der Waals surface area contributed by atoms with Gasteiger partial charge < -0.3 is 19.9 Å². The van der Waals surface area contributed by atoms with Crippen molar-refractivity contribution in [3.8, 4) is 11.5 Å². The molecule has 4 heteroatoms. The molecule has 1 aromatic rings. The maximum absolute atomic E-state index is 5.68. The normalized spacial score (nSPS) is 13.9. The molecule has 0 saturated heterocycles. The fourth-order valence-corrected chi connectivity index (χ4v) is 1.67. The molecule has 0 amide bonds. The molecule has 0 saturated carbocycles. The number of rotatable bonds is 6. The van der Waals surface area contributed by atoms with Crippen molar-refractivity contribution in [3.05, 3.63) is 23.8 Å². The average molecular weight is 251 g/mol. The first-order valence-corrected chi connectivity index (χ1v) is 6.27. The van der Waals surface area contributed by atoms with Crippen molar-refractivity contribution < 1.29 is 14.2 Å². The standard InChI is InChI=1S/C14H21NO3/c1-14(2,9-15)5-6-16-8-11-3-4-12-13(7-11)18-10-17-12/h3-4,7H,5-6,8-10,15H2,1-2H3. The van der Waals surface area contributed by atoms with Gasteiger partial charge in [0.1, 0.15) is 0 Å². The van der Waals surface area contributed by atoms with E-state index in [1.807, 2.05) is 18.2 Å². The largest absolute Gasteiger partial charge is 0.454 e. The van der Waals surface area contributed by atoms with E-state index in [2.05, 4.69) is 13.8 Å². The highest BCUT2D eigenvalue weighted by molar-refractivity contribution is 5.44. The summed E-state index contributed by atoms with van der Waals surface area (Å²) in [6, 6.07) is 5.89. The fourth-order valence-electron chi connectivity index (χ4n) is 1.67. The molecular weight excluding hydrogens is 230 g/mol. The lowest BCUT2D eigenvalue weighted by atomic mass is 9.90. The molecule has 1 heterocycles. The molecule has 0 bridgehead atoms. The van der Waals surface area contributed by atoms with Gasteiger partial charge in [0, 0.05) is 6.61 Å². The third kappa shape index (κ3) is 3.37. The minimum absolute atomic E-state index is 0.148. The number of ether oxygens (including phenoxy) is 3. The summed E-state index contributed by atoms with van der Waals surface area (Å²) in [6.45, 7) is 6.61. The van der Waals surface area contributed by atoms with Crippen LogP contribution in [0.5, 0.6) is 11.5 Å². The Morgan fingerprint density at radius 2 is 2.06 bits per heavy atom. The highest BCUT2D eigenvalue weighted by atomic mass is 16.7. The van der Waals surface area contributed by atoms with E-state index >= 15 is 0 Å². The van der Waals surface area contributed by atoms with Gasteiger partial charge in [-0.25, -0.2) is 0 Å². The van der Waals surface area contributed by atoms with E-state index in [9.17, 15) is 0 Å². The van der Waals surface area contributed by atoms with Gasteiger partial charge in [0.05, 0.1) is 6.61 Å². The van der Waals surface area contributed by atoms with Gasteiger partial charge in [0.15, 0.2) is 11.5 Å². The van der Waals surface area contributed by atoms with Crippen molar-refractivity contribution in [2.45, 2.75) is 26.9 Å². The summed E-state index contributed by atoms with van der Waals surface area (Å²) in [5.74, 6) is 1.61. The summed E-state index contributed by atoms with van der Waals surface area (Å²) in [5.41, 5.74) is 6.92. The second-order valence-electron chi connectivity index (χ2n) is 5.36. The summed E-state index contributed by atoms with van der Waals surface area (Å²) in [5, 5.41) is 0. The molecule has 2 rings (SSSR count). The van der Waals surface area contributed by atoms with Gasteiger partial charge in [-0.1, -0.05) is 19.9 Å². The topological polar surface area (TPSA) is 53.7 Å². The number of fused-ring (bicyclic) bond motifs is 1. The van der Waals surface area contributed by atoms with Crippen molar-refractivity contribution in [1.82, 2.24) is 0 Å². The van der Waals surface area contributed by atoms with E-state index in [4.69, 9.17) is 19.9 Å². The minimum Gasteiger partial charge on any atom is -0.454 e. The van der Waals surface area contributed by atoms with Crippen LogP contribution in [0.4, 0.5) is 0 Å². The van der Waals surface area contributed by atoms with Crippen LogP contribution < -0.4 is 15.2 Å². The van der Waals surface area contributed by atoms with Crippen LogP contribution in [0.3, 0.4) is 0 Å². The third-order valence-electron chi connectivity index (χ3n) is 3.18. The van der Waals surface area contributed by atoms with Crippen molar-refractivity contribution in [2.24, 2.45) is 11.1 Å². The Kier molecular flexibility index (Phi) is 4.09. The van der Waals surface area contributed by atoms with Crippen LogP contribution in [0, 0.1) is 5.41 Å². The van der Waals surface area contributed by atoms with Crippen molar-refractivity contribution >= 4 is 0 Å². The maximum Gasteiger partial charge on any atom is 0.231 e. The number of hydrogen-bond acceptors (Lipinski definition) is 4. The van der Waals surface area contributed by atoms with E-state index < -0.39 is 0 Å².